The summed E-state index contributed by atoms with van der Waals surface area (Å²) in [7, 11) is -3.03. The van der Waals surface area contributed by atoms with Gasteiger partial charge in [-0.3, -0.25) is 14.4 Å². The van der Waals surface area contributed by atoms with E-state index in [9.17, 15) is 22.8 Å². The molecule has 13 heteroatoms. The maximum absolute atomic E-state index is 14.1. The van der Waals surface area contributed by atoms with Crippen molar-refractivity contribution in [3.05, 3.63) is 91.9 Å². The zero-order valence-electron chi connectivity index (χ0n) is 21.5. The summed E-state index contributed by atoms with van der Waals surface area (Å²) in [5.74, 6) is -1.07. The van der Waals surface area contributed by atoms with Crippen LogP contribution in [0.1, 0.15) is 23.4 Å². The first-order valence-corrected chi connectivity index (χ1v) is 14.8. The number of hydrogen-bond donors (Lipinski definition) is 2. The molecule has 2 aromatic heterocycles. The molecular weight excluding hydrogens is 578 g/mol. The summed E-state index contributed by atoms with van der Waals surface area (Å²) in [5.41, 5.74) is 0.219. The fourth-order valence-electron chi connectivity index (χ4n) is 4.08. The molecule has 210 valence electrons. The minimum absolute atomic E-state index is 0.0484. The van der Waals surface area contributed by atoms with E-state index in [4.69, 9.17) is 21.1 Å². The third kappa shape index (κ3) is 6.70. The highest BCUT2D eigenvalue weighted by Crippen LogP contribution is 2.31. The van der Waals surface area contributed by atoms with E-state index in [0.29, 0.717) is 10.9 Å². The first-order chi connectivity index (χ1) is 19.1. The number of esters is 1. The predicted octanol–water partition coefficient (Wildman–Crippen LogP) is 3.86. The van der Waals surface area contributed by atoms with Crippen molar-refractivity contribution >= 4 is 55.7 Å². The Morgan fingerprint density at radius 2 is 1.90 bits per heavy atom. The van der Waals surface area contributed by atoms with Gasteiger partial charge in [0.1, 0.15) is 23.2 Å². The molecular formula is C27H26ClN3O7S2. The number of hydrogen-bond acceptors (Lipinski definition) is 8. The van der Waals surface area contributed by atoms with Crippen LogP contribution in [-0.2, 0) is 30.9 Å². The number of sulfonamides is 1. The number of amides is 1. The number of fused-ring (bicyclic) bond motifs is 1. The second-order valence-electron chi connectivity index (χ2n) is 8.57. The summed E-state index contributed by atoms with van der Waals surface area (Å²) in [6.07, 6.45) is 0. The molecule has 1 atom stereocenters. The highest BCUT2D eigenvalue weighted by molar-refractivity contribution is 7.89. The molecule has 0 radical (unpaired) electrons. The van der Waals surface area contributed by atoms with Crippen LogP contribution in [0.4, 0.5) is 0 Å². The molecule has 0 aliphatic carbocycles. The van der Waals surface area contributed by atoms with Gasteiger partial charge in [0.05, 0.1) is 25.3 Å². The number of aromatic nitrogens is 1. The summed E-state index contributed by atoms with van der Waals surface area (Å²) in [6, 6.07) is 14.0. The van der Waals surface area contributed by atoms with E-state index < -0.39 is 34.5 Å². The Labute approximate surface area is 239 Å². The highest BCUT2D eigenvalue weighted by Gasteiger charge is 2.34. The fraction of sp³-hybridized carbons (Fsp3) is 0.222. The molecule has 0 bridgehead atoms. The zero-order chi connectivity index (χ0) is 28.9. The monoisotopic (exact) mass is 603 g/mol. The van der Waals surface area contributed by atoms with Gasteiger partial charge in [-0.15, -0.1) is 11.3 Å². The van der Waals surface area contributed by atoms with Crippen molar-refractivity contribution in [3.63, 3.8) is 0 Å². The highest BCUT2D eigenvalue weighted by atomic mass is 35.5. The number of halogens is 1. The van der Waals surface area contributed by atoms with Crippen LogP contribution in [-0.4, -0.2) is 50.4 Å². The Kier molecular flexibility index (Phi) is 9.25. The van der Waals surface area contributed by atoms with Gasteiger partial charge in [0.25, 0.3) is 0 Å². The molecule has 2 N–H and O–H groups in total. The van der Waals surface area contributed by atoms with Crippen molar-refractivity contribution in [2.45, 2.75) is 24.4 Å². The largest absolute Gasteiger partial charge is 0.496 e. The van der Waals surface area contributed by atoms with E-state index in [1.54, 1.807) is 37.3 Å². The molecule has 4 rings (SSSR count). The first-order valence-electron chi connectivity index (χ1n) is 12.1. The van der Waals surface area contributed by atoms with Crippen LogP contribution in [0, 0.1) is 0 Å². The number of carbonyl (C=O) groups excluding carboxylic acids is 2. The van der Waals surface area contributed by atoms with Crippen molar-refractivity contribution in [1.82, 2.24) is 14.6 Å². The van der Waals surface area contributed by atoms with E-state index in [-0.39, 0.29) is 39.9 Å². The number of rotatable bonds is 11. The Hall–Kier alpha value is -3.71. The van der Waals surface area contributed by atoms with Gasteiger partial charge in [-0.25, -0.2) is 8.42 Å². The maximum atomic E-state index is 14.1. The third-order valence-electron chi connectivity index (χ3n) is 5.90. The van der Waals surface area contributed by atoms with E-state index in [2.05, 4.69) is 9.71 Å². The maximum Gasteiger partial charge on any atom is 0.325 e. The number of ether oxygens (including phenoxy) is 2. The molecule has 1 amide bonds. The lowest BCUT2D eigenvalue weighted by Gasteiger charge is -2.28. The molecule has 4 aromatic rings. The van der Waals surface area contributed by atoms with Crippen molar-refractivity contribution in [2.75, 3.05) is 20.3 Å². The van der Waals surface area contributed by atoms with Gasteiger partial charge in [-0.05, 0) is 48.0 Å². The predicted molar refractivity (Wildman–Crippen MR) is 152 cm³/mol. The summed E-state index contributed by atoms with van der Waals surface area (Å²) in [6.45, 7) is 1.42. The van der Waals surface area contributed by atoms with Crippen molar-refractivity contribution in [3.8, 4) is 5.75 Å². The number of methoxy groups -OCH3 is 1. The summed E-state index contributed by atoms with van der Waals surface area (Å²) >= 11 is 7.73. The number of nitrogens with one attached hydrogen (secondary N) is 2. The zero-order valence-corrected chi connectivity index (χ0v) is 23.9. The van der Waals surface area contributed by atoms with Crippen LogP contribution < -0.4 is 15.0 Å². The Morgan fingerprint density at radius 3 is 2.60 bits per heavy atom. The molecule has 40 heavy (non-hydrogen) atoms. The lowest BCUT2D eigenvalue weighted by atomic mass is 10.0. The van der Waals surface area contributed by atoms with Crippen molar-refractivity contribution in [1.29, 1.82) is 0 Å². The molecule has 0 saturated heterocycles. The SMILES string of the molecule is CCOC(=O)CN(Cc1cccs1)C(=O)C(NS(=O)(=O)c1cc2ccc(=O)[nH]c2cc1Cl)c1ccccc1OC. The quantitative estimate of drug-likeness (QED) is 0.249. The number of aromatic amines is 1. The van der Waals surface area contributed by atoms with Gasteiger partial charge in [0.2, 0.25) is 21.5 Å². The lowest BCUT2D eigenvalue weighted by molar-refractivity contribution is -0.149. The van der Waals surface area contributed by atoms with Gasteiger partial charge in [0, 0.05) is 22.0 Å². The molecule has 1 unspecified atom stereocenters. The average molecular weight is 604 g/mol. The molecule has 0 aliphatic heterocycles. The number of nitrogens with zero attached hydrogens (tertiary/aromatic N) is 1. The normalized spacial score (nSPS) is 12.2. The minimum Gasteiger partial charge on any atom is -0.496 e. The average Bonchev–Trinajstić information content (AvgIpc) is 3.44. The summed E-state index contributed by atoms with van der Waals surface area (Å²) in [4.78, 5) is 42.6. The molecule has 0 aliphatic rings. The Bertz CT molecular complexity index is 1690. The van der Waals surface area contributed by atoms with Gasteiger partial charge in [-0.1, -0.05) is 35.9 Å². The minimum atomic E-state index is -4.43. The first kappa shape index (κ1) is 29.3. The number of benzene rings is 2. The standard InChI is InChI=1S/C27H26ClN3O7S2/c1-3-38-25(33)16-31(15-18-7-6-12-39-18)27(34)26(19-8-4-5-9-22(19)37-2)30-40(35,36)23-13-17-10-11-24(32)29-21(17)14-20(23)28/h4-14,26,30H,3,15-16H2,1-2H3,(H,29,32). The Balaban J connectivity index is 1.79. The third-order valence-corrected chi connectivity index (χ3v) is 8.65. The fourth-order valence-corrected chi connectivity index (χ4v) is 6.53. The number of carbonyl (C=O) groups is 2. The van der Waals surface area contributed by atoms with Crippen LogP contribution >= 0.6 is 22.9 Å². The smallest absolute Gasteiger partial charge is 0.325 e. The Morgan fingerprint density at radius 1 is 1.12 bits per heavy atom. The van der Waals surface area contributed by atoms with Crippen molar-refractivity contribution in [2.24, 2.45) is 0 Å². The molecule has 2 heterocycles. The van der Waals surface area contributed by atoms with E-state index >= 15 is 0 Å². The lowest BCUT2D eigenvalue weighted by Crippen LogP contribution is -2.44. The topological polar surface area (TPSA) is 135 Å². The summed E-state index contributed by atoms with van der Waals surface area (Å²) in [5, 5.41) is 2.10. The van der Waals surface area contributed by atoms with Gasteiger partial charge >= 0.3 is 5.97 Å². The van der Waals surface area contributed by atoms with Crippen LogP contribution in [0.5, 0.6) is 5.75 Å². The van der Waals surface area contributed by atoms with Gasteiger partial charge in [-0.2, -0.15) is 4.72 Å². The number of para-hydroxylation sites is 1. The van der Waals surface area contributed by atoms with Crippen LogP contribution in [0.3, 0.4) is 0 Å². The number of thiophene rings is 1. The molecule has 2 aromatic carbocycles. The number of pyridine rings is 1. The molecule has 0 fully saturated rings. The molecule has 0 saturated carbocycles. The van der Waals surface area contributed by atoms with E-state index in [1.807, 2.05) is 11.4 Å². The number of H-pyrrole nitrogens is 1. The molecule has 0 spiro atoms. The second kappa shape index (κ2) is 12.6. The van der Waals surface area contributed by atoms with Crippen LogP contribution in [0.25, 0.3) is 10.9 Å². The van der Waals surface area contributed by atoms with Gasteiger partial charge < -0.3 is 19.4 Å². The summed E-state index contributed by atoms with van der Waals surface area (Å²) < 4.78 is 40.5. The van der Waals surface area contributed by atoms with Gasteiger partial charge in [0.15, 0.2) is 0 Å². The van der Waals surface area contributed by atoms with E-state index in [1.165, 1.54) is 47.6 Å². The van der Waals surface area contributed by atoms with E-state index in [0.717, 1.165) is 4.88 Å². The van der Waals surface area contributed by atoms with Crippen LogP contribution in [0.15, 0.2) is 75.7 Å². The van der Waals surface area contributed by atoms with Crippen LogP contribution in [0.2, 0.25) is 5.02 Å². The second-order valence-corrected chi connectivity index (χ2v) is 11.7. The molecule has 10 nitrogen and oxygen atoms in total. The van der Waals surface area contributed by atoms with Crippen molar-refractivity contribution < 1.29 is 27.5 Å².